The molecule has 3 saturated carbocycles. The molecule has 3 aliphatic carbocycles. The molecule has 7 fully saturated rings. The number of aromatic nitrogens is 5. The Bertz CT molecular complexity index is 3020. The molecule has 0 radical (unpaired) electrons. The lowest BCUT2D eigenvalue weighted by Crippen LogP contribution is -2.72. The van der Waals surface area contributed by atoms with Crippen LogP contribution < -0.4 is 15.6 Å². The summed E-state index contributed by atoms with van der Waals surface area (Å²) in [6.07, 6.45) is 9.22. The predicted octanol–water partition coefficient (Wildman–Crippen LogP) is 6.77. The molecule has 19 heteroatoms. The van der Waals surface area contributed by atoms with Gasteiger partial charge in [-0.25, -0.2) is 20.4 Å². The first kappa shape index (κ1) is 52.3. The van der Waals surface area contributed by atoms with Gasteiger partial charge in [0.05, 0.1) is 60.0 Å². The largest absolute Gasteiger partial charge is 0.464 e. The molecule has 1 aromatic carbocycles. The van der Waals surface area contributed by atoms with Gasteiger partial charge in [-0.2, -0.15) is 0 Å². The van der Waals surface area contributed by atoms with Crippen molar-refractivity contribution < 1.29 is 38.4 Å². The van der Waals surface area contributed by atoms with Crippen molar-refractivity contribution in [2.45, 2.75) is 147 Å². The number of fused-ring (bicyclic) bond motifs is 4. The molecule has 8 aliphatic rings. The molecular formula is C58H74N10O8S. The molecule has 5 aliphatic heterocycles. The van der Waals surface area contributed by atoms with Crippen molar-refractivity contribution in [3.63, 3.8) is 0 Å². The van der Waals surface area contributed by atoms with Gasteiger partial charge in [0.15, 0.2) is 0 Å². The molecule has 410 valence electrons. The number of anilines is 1. The maximum atomic E-state index is 14.9. The van der Waals surface area contributed by atoms with E-state index in [4.69, 9.17) is 28.9 Å². The highest BCUT2D eigenvalue weighted by atomic mass is 32.1. The molecule has 8 bridgehead atoms. The van der Waals surface area contributed by atoms with Crippen molar-refractivity contribution >= 4 is 45.7 Å². The molecule has 13 rings (SSSR count). The number of aliphatic hydroxyl groups is 1. The minimum Gasteiger partial charge on any atom is -0.464 e. The van der Waals surface area contributed by atoms with Crippen LogP contribution in [-0.2, 0) is 46.3 Å². The van der Waals surface area contributed by atoms with Crippen molar-refractivity contribution in [3.05, 3.63) is 76.4 Å². The van der Waals surface area contributed by atoms with Gasteiger partial charge in [0.2, 0.25) is 5.91 Å². The van der Waals surface area contributed by atoms with Gasteiger partial charge in [0, 0.05) is 121 Å². The Morgan fingerprint density at radius 2 is 1.84 bits per heavy atom. The first-order valence-electron chi connectivity index (χ1n) is 27.9. The number of esters is 1. The molecule has 3 N–H and O–H groups in total. The number of cyclic esters (lactones) is 1. The summed E-state index contributed by atoms with van der Waals surface area (Å²) >= 11 is 1.24. The fraction of sp³-hybridized carbons (Fsp3) is 0.603. The van der Waals surface area contributed by atoms with Gasteiger partial charge in [-0.1, -0.05) is 26.8 Å². The van der Waals surface area contributed by atoms with Crippen molar-refractivity contribution in [1.82, 2.24) is 45.2 Å². The second kappa shape index (κ2) is 20.7. The van der Waals surface area contributed by atoms with Crippen LogP contribution in [0, 0.1) is 23.2 Å². The Morgan fingerprint density at radius 1 is 1.04 bits per heavy atom. The highest BCUT2D eigenvalue weighted by Crippen LogP contribution is 2.53. The monoisotopic (exact) mass is 1070 g/mol. The fourth-order valence-electron chi connectivity index (χ4n) is 13.0. The summed E-state index contributed by atoms with van der Waals surface area (Å²) in [4.78, 5) is 67.5. The van der Waals surface area contributed by atoms with Gasteiger partial charge in [0.1, 0.15) is 29.5 Å². The van der Waals surface area contributed by atoms with Gasteiger partial charge in [-0.15, -0.1) is 11.3 Å². The van der Waals surface area contributed by atoms with Crippen LogP contribution >= 0.6 is 11.3 Å². The van der Waals surface area contributed by atoms with Gasteiger partial charge in [0.25, 0.3) is 5.91 Å². The van der Waals surface area contributed by atoms with E-state index < -0.39 is 41.4 Å². The summed E-state index contributed by atoms with van der Waals surface area (Å²) in [6.45, 7) is 18.2. The summed E-state index contributed by atoms with van der Waals surface area (Å²) in [6, 6.07) is 8.78. The number of carbonyl (C=O) groups is 3. The van der Waals surface area contributed by atoms with Crippen LogP contribution in [0.5, 0.6) is 0 Å². The van der Waals surface area contributed by atoms with E-state index in [1.165, 1.54) is 35.5 Å². The number of hydrazine groups is 1. The first-order valence-corrected chi connectivity index (χ1v) is 28.8. The highest BCUT2D eigenvalue weighted by Gasteiger charge is 2.56. The normalized spacial score (nSPS) is 29.6. The molecule has 77 heavy (non-hydrogen) atoms. The molecule has 8 atom stereocenters. The Morgan fingerprint density at radius 3 is 2.58 bits per heavy atom. The van der Waals surface area contributed by atoms with Crippen LogP contribution in [-0.4, -0.2) is 146 Å². The number of ether oxygens (including phenoxy) is 4. The van der Waals surface area contributed by atoms with Crippen molar-refractivity contribution in [1.29, 1.82) is 0 Å². The van der Waals surface area contributed by atoms with Crippen molar-refractivity contribution in [3.8, 4) is 22.5 Å². The zero-order valence-corrected chi connectivity index (χ0v) is 46.3. The first-order chi connectivity index (χ1) is 37.0. The number of amides is 2. The SMILES string of the molecule is CO[C@@H](C)c1ncc(N2CCN(C3CC3)CC2)cc1-c1c2c3cc(ccc3n1CCO[C@H]1CCOC(C)(C)C1)-c1csc(n1)[C@@H](O)[C@H](NC(=O)[C@@H]1[C@@H](C)[C@H]1c1ccncn1)C(=O)N1N[C@H](C(=O)OCC(C)(C)C2)C2CC1C2. The van der Waals surface area contributed by atoms with E-state index in [9.17, 15) is 19.5 Å². The second-order valence-electron chi connectivity index (χ2n) is 24.3. The van der Waals surface area contributed by atoms with Crippen LogP contribution in [0.1, 0.15) is 120 Å². The molecule has 2 amide bonds. The van der Waals surface area contributed by atoms with E-state index in [1.54, 1.807) is 19.4 Å². The fourth-order valence-corrected chi connectivity index (χ4v) is 13.9. The maximum Gasteiger partial charge on any atom is 0.325 e. The lowest BCUT2D eigenvalue weighted by atomic mass is 9.73. The summed E-state index contributed by atoms with van der Waals surface area (Å²) in [5, 5.41) is 20.0. The number of hydrogen-bond acceptors (Lipinski definition) is 16. The Hall–Kier alpha value is -5.41. The van der Waals surface area contributed by atoms with E-state index in [0.29, 0.717) is 50.8 Å². The number of benzene rings is 1. The smallest absolute Gasteiger partial charge is 0.325 e. The van der Waals surface area contributed by atoms with E-state index in [1.807, 2.05) is 25.4 Å². The number of pyridine rings is 1. The number of piperazine rings is 1. The molecule has 18 nitrogen and oxygen atoms in total. The second-order valence-corrected chi connectivity index (χ2v) is 25.1. The van der Waals surface area contributed by atoms with Crippen molar-refractivity contribution in [2.24, 2.45) is 23.2 Å². The lowest BCUT2D eigenvalue weighted by Gasteiger charge is -2.53. The molecule has 9 heterocycles. The number of rotatable bonds is 12. The third-order valence-electron chi connectivity index (χ3n) is 17.7. The van der Waals surface area contributed by atoms with Crippen molar-refractivity contribution in [2.75, 3.05) is 58.0 Å². The Balaban J connectivity index is 0.965. The third kappa shape index (κ3) is 10.3. The number of thiazole rings is 1. The number of aliphatic hydroxyl groups excluding tert-OH is 1. The van der Waals surface area contributed by atoms with Crippen LogP contribution in [0.25, 0.3) is 33.4 Å². The number of carbonyl (C=O) groups excluding carboxylic acids is 3. The van der Waals surface area contributed by atoms with Crippen LogP contribution in [0.15, 0.2) is 54.4 Å². The van der Waals surface area contributed by atoms with Gasteiger partial charge in [-0.05, 0) is 101 Å². The number of nitrogens with zero attached hydrogens (tertiary/aromatic N) is 8. The highest BCUT2D eigenvalue weighted by molar-refractivity contribution is 7.10. The van der Waals surface area contributed by atoms with Gasteiger partial charge < -0.3 is 38.8 Å². The standard InChI is InChI=1S/C58H74N10O8S/c1-32-46(43-12-14-59-31-61-43)47(32)53(70)63-50-52(69)54-62-44(29-77-54)34-8-11-45-40(24-34)42(27-57(3,4)30-75-56(72)49-35-22-37(23-35)68(64-49)55(50)71)51(67(45)19-21-74-39-13-20-76-58(5,6)26-39)41-25-38(28-60-48(41)33(2)73-7)66-17-15-65(16-18-66)36-9-10-36/h8,11-12,14,24-25,28-29,31-33,35-37,39,46-47,49-50,52,64,69H,9-10,13,15-23,26-27,30H2,1-7H3,(H,63,70)/t32-,33-,35?,37?,39-,46-,47+,49-,50-,52-/m0/s1. The van der Waals surface area contributed by atoms with Crippen LogP contribution in [0.3, 0.4) is 0 Å². The molecule has 4 aromatic heterocycles. The zero-order chi connectivity index (χ0) is 53.5. The van der Waals surface area contributed by atoms with E-state index in [2.05, 4.69) is 87.0 Å². The zero-order valence-electron chi connectivity index (χ0n) is 45.4. The minimum absolute atomic E-state index is 0.0410. The number of hydrogen-bond donors (Lipinski definition) is 3. The van der Waals surface area contributed by atoms with Crippen LogP contribution in [0.2, 0.25) is 0 Å². The lowest BCUT2D eigenvalue weighted by molar-refractivity contribution is -0.172. The summed E-state index contributed by atoms with van der Waals surface area (Å²) in [5.74, 6) is -2.06. The Kier molecular flexibility index (Phi) is 14.0. The minimum atomic E-state index is -1.51. The third-order valence-corrected chi connectivity index (χ3v) is 18.6. The predicted molar refractivity (Wildman–Crippen MR) is 291 cm³/mol. The number of nitrogens with one attached hydrogen (secondary N) is 2. The molecule has 0 unspecified atom stereocenters. The van der Waals surface area contributed by atoms with Gasteiger partial charge in [-0.3, -0.25) is 29.3 Å². The summed E-state index contributed by atoms with van der Waals surface area (Å²) in [7, 11) is 1.73. The summed E-state index contributed by atoms with van der Waals surface area (Å²) in [5.41, 5.74) is 10.5. The van der Waals surface area contributed by atoms with E-state index >= 15 is 0 Å². The van der Waals surface area contributed by atoms with Gasteiger partial charge >= 0.3 is 5.97 Å². The summed E-state index contributed by atoms with van der Waals surface area (Å²) < 4.78 is 27.7. The van der Waals surface area contributed by atoms with E-state index in [0.717, 1.165) is 89.4 Å². The average Bonchev–Trinajstić information content (AvgIpc) is 4.51. The average molecular weight is 1070 g/mol. The maximum absolute atomic E-state index is 14.9. The molecular weight excluding hydrogens is 997 g/mol. The molecule has 5 aromatic rings. The van der Waals surface area contributed by atoms with E-state index in [-0.39, 0.29) is 59.1 Å². The molecule has 4 saturated heterocycles. The Labute approximate surface area is 454 Å². The number of methoxy groups -OCH3 is 1. The molecule has 0 spiro atoms. The van der Waals surface area contributed by atoms with Crippen LogP contribution in [0.4, 0.5) is 5.69 Å². The quantitative estimate of drug-likeness (QED) is 0.111. The topological polar surface area (TPSA) is 199 Å².